The molecule has 0 spiro atoms. The Balaban J connectivity index is 1.39. The molecule has 2 saturated heterocycles. The number of fused-ring (bicyclic) bond motifs is 4. The molecule has 0 bridgehead atoms. The van der Waals surface area contributed by atoms with Crippen molar-refractivity contribution < 1.29 is 56.8 Å². The number of nitrogens with zero attached hydrogens (tertiary/aromatic N) is 3. The maximum atomic E-state index is 15.3. The average molecular weight is 844 g/mol. The number of benzene rings is 2. The molecule has 304 valence electrons. The Morgan fingerprint density at radius 3 is 2.29 bits per heavy atom. The van der Waals surface area contributed by atoms with E-state index in [-0.39, 0.29) is 49.5 Å². The van der Waals surface area contributed by atoms with E-state index in [0.717, 1.165) is 4.90 Å². The summed E-state index contributed by atoms with van der Waals surface area (Å²) in [7, 11) is 2.70. The standard InChI is InChI=1S/C40H35Cl2F3N4O9/c1-57-29-14-19(15-30(58-2)33(29)52)5-12-26-23-10-11-24-32(37(55)48(35(24)53)13-3-4-31(50)51)25(23)17-27-36(54)49(38(56)39(26,27)20-6-8-22(41)9-7-20)47-34-28(42)16-21(18-46-34)40(43,44)45/h5-10,12,14-16,18,24-27,32,52H,3-4,11,13,17H2,1-2H3,(H,46,47)(H,50,51). The number of pyridine rings is 1. The molecule has 1 saturated carbocycles. The van der Waals surface area contributed by atoms with Gasteiger partial charge in [0, 0.05) is 30.1 Å². The van der Waals surface area contributed by atoms with Gasteiger partial charge in [0.25, 0.3) is 11.8 Å². The number of carbonyl (C=O) groups excluding carboxylic acids is 4. The van der Waals surface area contributed by atoms with E-state index in [0.29, 0.717) is 39.0 Å². The van der Waals surface area contributed by atoms with E-state index in [4.69, 9.17) is 32.7 Å². The van der Waals surface area contributed by atoms with Gasteiger partial charge in [0.2, 0.25) is 17.6 Å². The summed E-state index contributed by atoms with van der Waals surface area (Å²) in [6, 6.07) is 9.95. The second-order valence-corrected chi connectivity index (χ2v) is 15.3. The number of phenolic OH excluding ortho intramolecular Hbond substituents is 1. The molecule has 2 aliphatic carbocycles. The molecule has 13 nitrogen and oxygen atoms in total. The molecule has 2 aromatic carbocycles. The molecule has 18 heteroatoms. The summed E-state index contributed by atoms with van der Waals surface area (Å²) >= 11 is 12.6. The zero-order valence-electron chi connectivity index (χ0n) is 30.8. The highest BCUT2D eigenvalue weighted by molar-refractivity contribution is 6.33. The van der Waals surface area contributed by atoms with Crippen LogP contribution in [0.25, 0.3) is 6.08 Å². The van der Waals surface area contributed by atoms with Gasteiger partial charge in [-0.15, -0.1) is 0 Å². The van der Waals surface area contributed by atoms with Crippen LogP contribution in [0.15, 0.2) is 66.4 Å². The summed E-state index contributed by atoms with van der Waals surface area (Å²) in [6.07, 6.45) is 0.660. The molecule has 6 atom stereocenters. The number of allylic oxidation sites excluding steroid dienone is 3. The van der Waals surface area contributed by atoms with E-state index in [1.165, 1.54) is 26.4 Å². The number of hydrogen-bond acceptors (Lipinski definition) is 10. The molecular weight excluding hydrogens is 808 g/mol. The monoisotopic (exact) mass is 842 g/mol. The number of likely N-dealkylation sites (tertiary alicyclic amines) is 1. The second kappa shape index (κ2) is 15.3. The van der Waals surface area contributed by atoms with Crippen molar-refractivity contribution >= 4 is 64.7 Å². The Morgan fingerprint density at radius 2 is 1.69 bits per heavy atom. The Bertz CT molecular complexity index is 2260. The molecule has 3 heterocycles. The fraction of sp³-hybridized carbons (Fsp3) is 0.350. The van der Waals surface area contributed by atoms with E-state index in [1.807, 2.05) is 0 Å². The minimum atomic E-state index is -4.78. The van der Waals surface area contributed by atoms with E-state index in [9.17, 15) is 42.6 Å². The quantitative estimate of drug-likeness (QED) is 0.142. The number of ether oxygens (including phenoxy) is 2. The van der Waals surface area contributed by atoms with Crippen LogP contribution < -0.4 is 14.9 Å². The number of aromatic hydroxyl groups is 1. The largest absolute Gasteiger partial charge is 0.502 e. The number of carboxylic acid groups (broad SMARTS) is 1. The number of anilines is 1. The fourth-order valence-corrected chi connectivity index (χ4v) is 9.25. The lowest BCUT2D eigenvalue weighted by atomic mass is 9.50. The van der Waals surface area contributed by atoms with Crippen molar-refractivity contribution in [1.82, 2.24) is 14.9 Å². The number of hydrazine groups is 1. The van der Waals surface area contributed by atoms with Crippen LogP contribution in [0, 0.1) is 29.6 Å². The van der Waals surface area contributed by atoms with Gasteiger partial charge < -0.3 is 19.7 Å². The number of alkyl halides is 3. The van der Waals surface area contributed by atoms with Crippen LogP contribution in [-0.4, -0.2) is 75.5 Å². The van der Waals surface area contributed by atoms with Gasteiger partial charge in [0.05, 0.1) is 48.0 Å². The lowest BCUT2D eigenvalue weighted by Gasteiger charge is -2.49. The Hall–Kier alpha value is -5.61. The summed E-state index contributed by atoms with van der Waals surface area (Å²) in [5.41, 5.74) is 1.06. The van der Waals surface area contributed by atoms with Crippen molar-refractivity contribution in [1.29, 1.82) is 0 Å². The smallest absolute Gasteiger partial charge is 0.417 e. The van der Waals surface area contributed by atoms with Gasteiger partial charge in [-0.25, -0.2) is 4.98 Å². The number of carbonyl (C=O) groups is 5. The highest BCUT2D eigenvalue weighted by Gasteiger charge is 2.69. The van der Waals surface area contributed by atoms with Crippen molar-refractivity contribution in [2.24, 2.45) is 29.6 Å². The lowest BCUT2D eigenvalue weighted by Crippen LogP contribution is -2.54. The lowest BCUT2D eigenvalue weighted by molar-refractivity contribution is -0.142. The van der Waals surface area contributed by atoms with E-state index in [1.54, 1.807) is 42.5 Å². The Kier molecular flexibility index (Phi) is 10.7. The van der Waals surface area contributed by atoms with Gasteiger partial charge in [0.1, 0.15) is 0 Å². The molecule has 3 N–H and O–H groups in total. The van der Waals surface area contributed by atoms with Crippen LogP contribution in [0.2, 0.25) is 10.0 Å². The highest BCUT2D eigenvalue weighted by Crippen LogP contribution is 2.61. The number of halogens is 5. The highest BCUT2D eigenvalue weighted by atomic mass is 35.5. The van der Waals surface area contributed by atoms with Gasteiger partial charge in [-0.1, -0.05) is 59.1 Å². The second-order valence-electron chi connectivity index (χ2n) is 14.4. The van der Waals surface area contributed by atoms with E-state index < -0.39 is 87.2 Å². The van der Waals surface area contributed by atoms with Gasteiger partial charge in [-0.05, 0) is 66.6 Å². The minimum absolute atomic E-state index is 0.0403. The number of aromatic nitrogens is 1. The summed E-state index contributed by atoms with van der Waals surface area (Å²) in [5, 5.41) is 20.3. The van der Waals surface area contributed by atoms with Crippen LogP contribution >= 0.6 is 23.2 Å². The number of rotatable bonds is 11. The third-order valence-corrected chi connectivity index (χ3v) is 12.0. The number of amides is 4. The van der Waals surface area contributed by atoms with Gasteiger partial charge in [0.15, 0.2) is 17.3 Å². The predicted molar refractivity (Wildman–Crippen MR) is 201 cm³/mol. The number of nitrogens with one attached hydrogen (secondary N) is 1. The summed E-state index contributed by atoms with van der Waals surface area (Å²) in [4.78, 5) is 74.0. The van der Waals surface area contributed by atoms with Crippen LogP contribution in [0.1, 0.15) is 42.4 Å². The van der Waals surface area contributed by atoms with E-state index in [2.05, 4.69) is 10.4 Å². The fourth-order valence-electron chi connectivity index (χ4n) is 8.92. The third kappa shape index (κ3) is 6.71. The molecule has 4 aliphatic rings. The van der Waals surface area contributed by atoms with Crippen molar-refractivity contribution in [2.75, 3.05) is 26.2 Å². The molecule has 58 heavy (non-hydrogen) atoms. The third-order valence-electron chi connectivity index (χ3n) is 11.5. The molecular formula is C40H35Cl2F3N4O9. The Morgan fingerprint density at radius 1 is 1.02 bits per heavy atom. The summed E-state index contributed by atoms with van der Waals surface area (Å²) < 4.78 is 51.2. The molecule has 7 rings (SSSR count). The predicted octanol–water partition coefficient (Wildman–Crippen LogP) is 6.53. The average Bonchev–Trinajstić information content (AvgIpc) is 3.55. The van der Waals surface area contributed by atoms with Crippen molar-refractivity contribution in [3.05, 3.63) is 93.1 Å². The zero-order valence-corrected chi connectivity index (χ0v) is 32.3. The number of imide groups is 2. The van der Waals surface area contributed by atoms with Crippen LogP contribution in [0.5, 0.6) is 17.2 Å². The number of aliphatic carboxylic acids is 1. The Labute approximate surface area is 339 Å². The molecule has 4 amide bonds. The first kappa shape index (κ1) is 40.6. The maximum Gasteiger partial charge on any atom is 0.417 e. The van der Waals surface area contributed by atoms with E-state index >= 15 is 4.79 Å². The van der Waals surface area contributed by atoms with Crippen LogP contribution in [0.4, 0.5) is 19.0 Å². The molecule has 1 aromatic heterocycles. The zero-order chi connectivity index (χ0) is 41.8. The normalized spacial score (nSPS) is 25.4. The van der Waals surface area contributed by atoms with Gasteiger partial charge in [-0.3, -0.25) is 34.3 Å². The number of methoxy groups -OCH3 is 2. The topological polar surface area (TPSA) is 176 Å². The minimum Gasteiger partial charge on any atom is -0.502 e. The first-order valence-corrected chi connectivity index (χ1v) is 18.8. The van der Waals surface area contributed by atoms with Crippen LogP contribution in [0.3, 0.4) is 0 Å². The number of carboxylic acids is 1. The van der Waals surface area contributed by atoms with Gasteiger partial charge in [-0.2, -0.15) is 18.2 Å². The van der Waals surface area contributed by atoms with Crippen LogP contribution in [-0.2, 0) is 35.6 Å². The first-order valence-electron chi connectivity index (χ1n) is 18.1. The van der Waals surface area contributed by atoms with Crippen molar-refractivity contribution in [2.45, 2.75) is 37.3 Å². The molecule has 3 fully saturated rings. The molecule has 6 unspecified atom stereocenters. The number of hydrogen-bond donors (Lipinski definition) is 3. The molecule has 2 aliphatic heterocycles. The van der Waals surface area contributed by atoms with Crippen molar-refractivity contribution in [3.8, 4) is 17.2 Å². The first-order chi connectivity index (χ1) is 27.5. The molecule has 0 radical (unpaired) electrons. The molecule has 3 aromatic rings. The summed E-state index contributed by atoms with van der Waals surface area (Å²) in [6.45, 7) is -0.110. The maximum absolute atomic E-state index is 15.3. The van der Waals surface area contributed by atoms with Gasteiger partial charge >= 0.3 is 12.1 Å². The summed E-state index contributed by atoms with van der Waals surface area (Å²) in [5.74, 6) is -8.90. The van der Waals surface area contributed by atoms with Crippen molar-refractivity contribution in [3.63, 3.8) is 0 Å². The number of phenols is 1. The SMILES string of the molecule is COc1cc(C=CC2C3=CCC4C(=O)N(CCCC(=O)O)C(=O)C4C3CC3C(=O)N(Nc4ncc(C(F)(F)F)cc4Cl)C(=O)C23c2ccc(Cl)cc2)cc(OC)c1O.